The van der Waals surface area contributed by atoms with Crippen LogP contribution in [0, 0.1) is 12.8 Å². The lowest BCUT2D eigenvalue weighted by Crippen LogP contribution is -2.13. The topological polar surface area (TPSA) is 70.1 Å². The number of aromatic nitrogens is 2. The Bertz CT molecular complexity index is 1160. The van der Waals surface area contributed by atoms with Gasteiger partial charge >= 0.3 is 6.18 Å². The van der Waals surface area contributed by atoms with Crippen LogP contribution in [0.3, 0.4) is 0 Å². The first kappa shape index (κ1) is 25.0. The lowest BCUT2D eigenvalue weighted by atomic mass is 10.0. The third-order valence-electron chi connectivity index (χ3n) is 6.52. The van der Waals surface area contributed by atoms with Crippen LogP contribution in [0.25, 0.3) is 11.3 Å². The summed E-state index contributed by atoms with van der Waals surface area (Å²) in [5.41, 5.74) is 3.70. The van der Waals surface area contributed by atoms with Crippen LogP contribution in [-0.4, -0.2) is 27.7 Å². The lowest BCUT2D eigenvalue weighted by molar-refractivity contribution is -0.137. The number of aryl methyl sites for hydroxylation is 1. The molecular weight excluding hydrogens is 453 g/mol. The number of aliphatic hydroxyl groups excluding tert-OH is 1. The van der Waals surface area contributed by atoms with Crippen LogP contribution in [0.5, 0.6) is 0 Å². The summed E-state index contributed by atoms with van der Waals surface area (Å²) in [6.07, 6.45) is 1.48. The first-order valence-corrected chi connectivity index (χ1v) is 12.0. The van der Waals surface area contributed by atoms with Crippen LogP contribution in [0.15, 0.2) is 48.8 Å². The summed E-state index contributed by atoms with van der Waals surface area (Å²) in [5, 5.41) is 16.5. The molecule has 0 amide bonds. The molecule has 0 bridgehead atoms. The number of anilines is 3. The minimum absolute atomic E-state index is 0.418. The molecule has 1 saturated carbocycles. The molecule has 4 rings (SSSR count). The third-order valence-corrected chi connectivity index (χ3v) is 6.52. The zero-order valence-electron chi connectivity index (χ0n) is 20.0. The van der Waals surface area contributed by atoms with E-state index in [1.165, 1.54) is 31.3 Å². The van der Waals surface area contributed by atoms with E-state index in [0.717, 1.165) is 35.7 Å². The molecule has 0 aliphatic heterocycles. The van der Waals surface area contributed by atoms with E-state index in [2.05, 4.69) is 20.6 Å². The van der Waals surface area contributed by atoms with E-state index in [0.29, 0.717) is 41.6 Å². The van der Waals surface area contributed by atoms with E-state index in [1.807, 2.05) is 25.1 Å². The summed E-state index contributed by atoms with van der Waals surface area (Å²) in [7, 11) is 0. The van der Waals surface area contributed by atoms with Crippen molar-refractivity contribution in [3.05, 3.63) is 65.5 Å². The number of aliphatic hydroxyl groups is 1. The molecule has 3 aromatic rings. The van der Waals surface area contributed by atoms with Gasteiger partial charge in [0, 0.05) is 36.0 Å². The van der Waals surface area contributed by atoms with E-state index in [1.54, 1.807) is 13.0 Å². The van der Waals surface area contributed by atoms with E-state index in [9.17, 15) is 18.3 Å². The zero-order valence-corrected chi connectivity index (χ0v) is 20.0. The Balaban J connectivity index is 1.65. The highest BCUT2D eigenvalue weighted by atomic mass is 19.4. The summed E-state index contributed by atoms with van der Waals surface area (Å²) >= 11 is 0. The molecule has 186 valence electrons. The SMILES string of the molecule is Cc1cccc(Nc2cc(-c3ccc(C(F)(F)F)cc3NCC3CCCC3)ncn2)c1CC(C)O. The minimum Gasteiger partial charge on any atom is -0.393 e. The van der Waals surface area contributed by atoms with Gasteiger partial charge in [-0.3, -0.25) is 0 Å². The number of benzene rings is 2. The Morgan fingerprint density at radius 3 is 2.54 bits per heavy atom. The molecule has 1 aliphatic rings. The average Bonchev–Trinajstić information content (AvgIpc) is 3.33. The first-order valence-electron chi connectivity index (χ1n) is 12.0. The normalized spacial score (nSPS) is 15.3. The van der Waals surface area contributed by atoms with E-state index in [-0.39, 0.29) is 0 Å². The molecule has 0 saturated heterocycles. The van der Waals surface area contributed by atoms with Crippen LogP contribution in [0.4, 0.5) is 30.4 Å². The molecule has 1 heterocycles. The second-order valence-electron chi connectivity index (χ2n) is 9.36. The quantitative estimate of drug-likeness (QED) is 0.330. The maximum Gasteiger partial charge on any atom is 0.416 e. The van der Waals surface area contributed by atoms with E-state index in [4.69, 9.17) is 0 Å². The Kier molecular flexibility index (Phi) is 7.60. The predicted molar refractivity (Wildman–Crippen MR) is 133 cm³/mol. The highest BCUT2D eigenvalue weighted by Gasteiger charge is 2.31. The van der Waals surface area contributed by atoms with Crippen molar-refractivity contribution in [3.63, 3.8) is 0 Å². The van der Waals surface area contributed by atoms with Gasteiger partial charge in [0.1, 0.15) is 12.1 Å². The third kappa shape index (κ3) is 6.31. The monoisotopic (exact) mass is 484 g/mol. The van der Waals surface area contributed by atoms with Gasteiger partial charge in [0.05, 0.1) is 17.4 Å². The minimum atomic E-state index is -4.42. The molecule has 0 radical (unpaired) electrons. The van der Waals surface area contributed by atoms with Crippen LogP contribution >= 0.6 is 0 Å². The highest BCUT2D eigenvalue weighted by molar-refractivity contribution is 5.78. The van der Waals surface area contributed by atoms with Crippen LogP contribution in [0.1, 0.15) is 49.3 Å². The molecule has 1 aromatic heterocycles. The molecule has 8 heteroatoms. The fraction of sp³-hybridized carbons (Fsp3) is 0.407. The number of hydrogen-bond donors (Lipinski definition) is 3. The van der Waals surface area contributed by atoms with Crippen LogP contribution in [-0.2, 0) is 12.6 Å². The Hall–Kier alpha value is -3.13. The van der Waals surface area contributed by atoms with Gasteiger partial charge in [0.25, 0.3) is 0 Å². The summed E-state index contributed by atoms with van der Waals surface area (Å²) < 4.78 is 40.3. The summed E-state index contributed by atoms with van der Waals surface area (Å²) in [6.45, 7) is 4.36. The summed E-state index contributed by atoms with van der Waals surface area (Å²) in [6, 6.07) is 11.3. The standard InChI is InChI=1S/C27H31F3N4O/c1-17-6-5-9-23(22(17)12-18(2)35)34-26-14-25(32-16-33-26)21-11-10-20(27(28,29)30)13-24(21)31-15-19-7-3-4-8-19/h5-6,9-11,13-14,16,18-19,31,35H,3-4,7-8,12,15H2,1-2H3,(H,32,33,34). The smallest absolute Gasteiger partial charge is 0.393 e. The van der Waals surface area contributed by atoms with Gasteiger partial charge in [-0.1, -0.05) is 31.0 Å². The Morgan fingerprint density at radius 1 is 1.06 bits per heavy atom. The van der Waals surface area contributed by atoms with Crippen molar-refractivity contribution in [1.29, 1.82) is 0 Å². The fourth-order valence-corrected chi connectivity index (χ4v) is 4.66. The number of rotatable bonds is 8. The molecule has 2 aromatic carbocycles. The molecular formula is C27H31F3N4O. The van der Waals surface area contributed by atoms with Crippen molar-refractivity contribution in [2.75, 3.05) is 17.2 Å². The van der Waals surface area contributed by atoms with E-state index >= 15 is 0 Å². The number of nitrogens with one attached hydrogen (secondary N) is 2. The molecule has 0 spiro atoms. The average molecular weight is 485 g/mol. The Morgan fingerprint density at radius 2 is 1.83 bits per heavy atom. The number of halogens is 3. The summed E-state index contributed by atoms with van der Waals surface area (Å²) in [5.74, 6) is 0.989. The largest absolute Gasteiger partial charge is 0.416 e. The zero-order chi connectivity index (χ0) is 25.0. The molecule has 1 aliphatic carbocycles. The Labute approximate surface area is 203 Å². The molecule has 5 nitrogen and oxygen atoms in total. The van der Waals surface area contributed by atoms with Gasteiger partial charge in [0.2, 0.25) is 0 Å². The van der Waals surface area contributed by atoms with Gasteiger partial charge in [-0.2, -0.15) is 13.2 Å². The molecule has 1 fully saturated rings. The maximum absolute atomic E-state index is 13.4. The van der Waals surface area contributed by atoms with Crippen molar-refractivity contribution in [2.45, 2.75) is 58.2 Å². The van der Waals surface area contributed by atoms with Gasteiger partial charge in [-0.25, -0.2) is 9.97 Å². The van der Waals surface area contributed by atoms with Gasteiger partial charge in [-0.15, -0.1) is 0 Å². The number of nitrogens with zero attached hydrogens (tertiary/aromatic N) is 2. The maximum atomic E-state index is 13.4. The summed E-state index contributed by atoms with van der Waals surface area (Å²) in [4.78, 5) is 8.68. The van der Waals surface area contributed by atoms with E-state index < -0.39 is 17.8 Å². The molecule has 1 unspecified atom stereocenters. The fourth-order valence-electron chi connectivity index (χ4n) is 4.66. The second-order valence-corrected chi connectivity index (χ2v) is 9.36. The predicted octanol–water partition coefficient (Wildman–Crippen LogP) is 6.74. The van der Waals surface area contributed by atoms with Crippen molar-refractivity contribution in [2.24, 2.45) is 5.92 Å². The first-order chi connectivity index (χ1) is 16.7. The van der Waals surface area contributed by atoms with Crippen molar-refractivity contribution < 1.29 is 18.3 Å². The lowest BCUT2D eigenvalue weighted by Gasteiger charge is -2.18. The van der Waals surface area contributed by atoms with Gasteiger partial charge in [-0.05, 0) is 61.9 Å². The molecule has 35 heavy (non-hydrogen) atoms. The number of hydrogen-bond acceptors (Lipinski definition) is 5. The van der Waals surface area contributed by atoms with Crippen LogP contribution < -0.4 is 10.6 Å². The van der Waals surface area contributed by atoms with Crippen molar-refractivity contribution >= 4 is 17.2 Å². The highest BCUT2D eigenvalue weighted by Crippen LogP contribution is 2.37. The van der Waals surface area contributed by atoms with Crippen LogP contribution in [0.2, 0.25) is 0 Å². The molecule has 3 N–H and O–H groups in total. The van der Waals surface area contributed by atoms with Gasteiger partial charge < -0.3 is 15.7 Å². The van der Waals surface area contributed by atoms with Crippen molar-refractivity contribution in [3.8, 4) is 11.3 Å². The second kappa shape index (κ2) is 10.6. The van der Waals surface area contributed by atoms with Gasteiger partial charge in [0.15, 0.2) is 0 Å². The molecule has 1 atom stereocenters. The van der Waals surface area contributed by atoms with Crippen molar-refractivity contribution in [1.82, 2.24) is 9.97 Å². The number of alkyl halides is 3.